The zero-order chi connectivity index (χ0) is 13.0. The second-order valence-corrected chi connectivity index (χ2v) is 6.33. The minimum absolute atomic E-state index is 0.110. The summed E-state index contributed by atoms with van der Waals surface area (Å²) >= 11 is 1.98. The van der Waals surface area contributed by atoms with Crippen molar-refractivity contribution in [3.63, 3.8) is 0 Å². The Morgan fingerprint density at radius 3 is 2.67 bits per heavy atom. The molecule has 0 aromatic carbocycles. The number of rotatable bonds is 3. The molecule has 2 aliphatic heterocycles. The lowest BCUT2D eigenvalue weighted by Crippen LogP contribution is -2.32. The van der Waals surface area contributed by atoms with Gasteiger partial charge in [0.1, 0.15) is 0 Å². The maximum absolute atomic E-state index is 12.1. The molecule has 1 unspecified atom stereocenters. The molecule has 0 aromatic heterocycles. The van der Waals surface area contributed by atoms with Gasteiger partial charge in [-0.15, -0.1) is 0 Å². The number of hydrogen-bond acceptors (Lipinski definition) is 4. The molecule has 2 aliphatic rings. The van der Waals surface area contributed by atoms with Gasteiger partial charge < -0.3 is 9.64 Å². The number of thioether (sulfide) groups is 1. The fourth-order valence-electron chi connectivity index (χ4n) is 2.67. The molecule has 0 aromatic rings. The van der Waals surface area contributed by atoms with Crippen molar-refractivity contribution in [1.82, 2.24) is 4.90 Å². The van der Waals surface area contributed by atoms with Crippen LogP contribution in [0.25, 0.3) is 0 Å². The van der Waals surface area contributed by atoms with Crippen LogP contribution in [0.15, 0.2) is 0 Å². The molecule has 102 valence electrons. The number of likely N-dealkylation sites (tertiary alicyclic amines) is 1. The first-order valence-corrected chi connectivity index (χ1v) is 7.79. The molecule has 18 heavy (non-hydrogen) atoms. The fraction of sp³-hybridized carbons (Fsp3) is 0.846. The second-order valence-electron chi connectivity index (χ2n) is 5.11. The molecule has 0 radical (unpaired) electrons. The lowest BCUT2D eigenvalue weighted by Gasteiger charge is -2.23. The van der Waals surface area contributed by atoms with Crippen molar-refractivity contribution in [2.75, 3.05) is 31.7 Å². The van der Waals surface area contributed by atoms with Gasteiger partial charge in [-0.05, 0) is 36.7 Å². The lowest BCUT2D eigenvalue weighted by molar-refractivity contribution is -0.145. The highest BCUT2D eigenvalue weighted by Gasteiger charge is 2.32. The standard InChI is InChI=1S/C13H21NO3S/c1-17-13(16)11-2-5-14(9-11)12(15)8-10-3-6-18-7-4-10/h10-11H,2-9H2,1H3. The highest BCUT2D eigenvalue weighted by molar-refractivity contribution is 7.99. The van der Waals surface area contributed by atoms with Crippen LogP contribution in [0.5, 0.6) is 0 Å². The van der Waals surface area contributed by atoms with Gasteiger partial charge in [0.2, 0.25) is 5.91 Å². The van der Waals surface area contributed by atoms with Gasteiger partial charge in [-0.1, -0.05) is 0 Å². The van der Waals surface area contributed by atoms with Crippen molar-refractivity contribution >= 4 is 23.6 Å². The Labute approximate surface area is 112 Å². The minimum Gasteiger partial charge on any atom is -0.469 e. The van der Waals surface area contributed by atoms with Crippen molar-refractivity contribution in [3.8, 4) is 0 Å². The van der Waals surface area contributed by atoms with E-state index in [1.807, 2.05) is 16.7 Å². The maximum atomic E-state index is 12.1. The molecule has 0 bridgehead atoms. The topological polar surface area (TPSA) is 46.6 Å². The van der Waals surface area contributed by atoms with Gasteiger partial charge in [-0.2, -0.15) is 11.8 Å². The zero-order valence-electron chi connectivity index (χ0n) is 10.9. The van der Waals surface area contributed by atoms with E-state index in [9.17, 15) is 9.59 Å². The first kappa shape index (κ1) is 13.7. The number of carbonyl (C=O) groups excluding carboxylic acids is 2. The number of esters is 1. The van der Waals surface area contributed by atoms with Crippen molar-refractivity contribution in [2.45, 2.75) is 25.7 Å². The maximum Gasteiger partial charge on any atom is 0.310 e. The third-order valence-electron chi connectivity index (χ3n) is 3.88. The molecular formula is C13H21NO3S. The molecule has 0 N–H and O–H groups in total. The van der Waals surface area contributed by atoms with Gasteiger partial charge >= 0.3 is 5.97 Å². The molecule has 2 heterocycles. The fourth-order valence-corrected chi connectivity index (χ4v) is 3.88. The van der Waals surface area contributed by atoms with E-state index in [-0.39, 0.29) is 17.8 Å². The van der Waals surface area contributed by atoms with E-state index in [0.717, 1.165) is 19.3 Å². The van der Waals surface area contributed by atoms with Crippen LogP contribution in [0.4, 0.5) is 0 Å². The number of hydrogen-bond donors (Lipinski definition) is 0. The Hall–Kier alpha value is -0.710. The third-order valence-corrected chi connectivity index (χ3v) is 4.93. The van der Waals surface area contributed by atoms with Gasteiger partial charge in [0.05, 0.1) is 13.0 Å². The van der Waals surface area contributed by atoms with Crippen LogP contribution in [-0.2, 0) is 14.3 Å². The number of amides is 1. The predicted molar refractivity (Wildman–Crippen MR) is 71.4 cm³/mol. The van der Waals surface area contributed by atoms with Crippen LogP contribution in [0.3, 0.4) is 0 Å². The molecular weight excluding hydrogens is 250 g/mol. The number of carbonyl (C=O) groups is 2. The number of nitrogens with zero attached hydrogens (tertiary/aromatic N) is 1. The van der Waals surface area contributed by atoms with Crippen LogP contribution in [-0.4, -0.2) is 48.5 Å². The summed E-state index contributed by atoms with van der Waals surface area (Å²) in [5.74, 6) is 2.85. The van der Waals surface area contributed by atoms with Crippen molar-refractivity contribution < 1.29 is 14.3 Å². The van der Waals surface area contributed by atoms with Crippen LogP contribution in [0, 0.1) is 11.8 Å². The van der Waals surface area contributed by atoms with Crippen molar-refractivity contribution in [2.24, 2.45) is 11.8 Å². The SMILES string of the molecule is COC(=O)C1CCN(C(=O)CC2CCSCC2)C1. The second kappa shape index (κ2) is 6.45. The largest absolute Gasteiger partial charge is 0.469 e. The summed E-state index contributed by atoms with van der Waals surface area (Å²) in [7, 11) is 1.41. The van der Waals surface area contributed by atoms with Gasteiger partial charge in [-0.3, -0.25) is 9.59 Å². The Bertz CT molecular complexity index is 315. The van der Waals surface area contributed by atoms with Crippen LogP contribution >= 0.6 is 11.8 Å². The van der Waals surface area contributed by atoms with Gasteiger partial charge in [-0.25, -0.2) is 0 Å². The molecule has 1 amide bonds. The molecule has 2 fully saturated rings. The quantitative estimate of drug-likeness (QED) is 0.731. The molecule has 4 nitrogen and oxygen atoms in total. The highest BCUT2D eigenvalue weighted by Crippen LogP contribution is 2.27. The monoisotopic (exact) mass is 271 g/mol. The Balaban J connectivity index is 1.78. The third kappa shape index (κ3) is 3.40. The molecule has 2 saturated heterocycles. The van der Waals surface area contributed by atoms with E-state index in [1.165, 1.54) is 18.6 Å². The van der Waals surface area contributed by atoms with E-state index in [4.69, 9.17) is 4.74 Å². The first-order chi connectivity index (χ1) is 8.70. The molecule has 5 heteroatoms. The smallest absolute Gasteiger partial charge is 0.310 e. The van der Waals surface area contributed by atoms with Crippen LogP contribution < -0.4 is 0 Å². The van der Waals surface area contributed by atoms with Gasteiger partial charge in [0, 0.05) is 19.5 Å². The van der Waals surface area contributed by atoms with E-state index in [1.54, 1.807) is 0 Å². The first-order valence-electron chi connectivity index (χ1n) is 6.64. The summed E-state index contributed by atoms with van der Waals surface area (Å²) in [6.45, 7) is 1.26. The number of ether oxygens (including phenoxy) is 1. The van der Waals surface area contributed by atoms with Crippen molar-refractivity contribution in [3.05, 3.63) is 0 Å². The van der Waals surface area contributed by atoms with Gasteiger partial charge in [0.15, 0.2) is 0 Å². The molecule has 0 saturated carbocycles. The Morgan fingerprint density at radius 2 is 2.00 bits per heavy atom. The minimum atomic E-state index is -0.181. The van der Waals surface area contributed by atoms with Crippen molar-refractivity contribution in [1.29, 1.82) is 0 Å². The Kier molecular flexibility index (Phi) is 4.92. The summed E-state index contributed by atoms with van der Waals surface area (Å²) in [6, 6.07) is 0. The highest BCUT2D eigenvalue weighted by atomic mass is 32.2. The van der Waals surface area contributed by atoms with E-state index >= 15 is 0 Å². The average Bonchev–Trinajstić information content (AvgIpc) is 2.88. The van der Waals surface area contributed by atoms with Crippen LogP contribution in [0.2, 0.25) is 0 Å². The molecule has 1 atom stereocenters. The van der Waals surface area contributed by atoms with Crippen LogP contribution in [0.1, 0.15) is 25.7 Å². The average molecular weight is 271 g/mol. The van der Waals surface area contributed by atoms with E-state index in [0.29, 0.717) is 25.4 Å². The Morgan fingerprint density at radius 1 is 1.28 bits per heavy atom. The summed E-state index contributed by atoms with van der Waals surface area (Å²) in [5.41, 5.74) is 0. The summed E-state index contributed by atoms with van der Waals surface area (Å²) in [5, 5.41) is 0. The number of methoxy groups -OCH3 is 1. The van der Waals surface area contributed by atoms with E-state index in [2.05, 4.69) is 0 Å². The predicted octanol–water partition coefficient (Wildman–Crippen LogP) is 1.54. The summed E-state index contributed by atoms with van der Waals surface area (Å²) in [6.07, 6.45) is 3.72. The van der Waals surface area contributed by atoms with E-state index < -0.39 is 0 Å². The normalized spacial score (nSPS) is 25.2. The lowest BCUT2D eigenvalue weighted by atomic mass is 9.98. The zero-order valence-corrected chi connectivity index (χ0v) is 11.7. The molecule has 0 spiro atoms. The molecule has 0 aliphatic carbocycles. The van der Waals surface area contributed by atoms with Gasteiger partial charge in [0.25, 0.3) is 0 Å². The molecule has 2 rings (SSSR count). The summed E-state index contributed by atoms with van der Waals surface area (Å²) in [4.78, 5) is 25.4. The summed E-state index contributed by atoms with van der Waals surface area (Å²) < 4.78 is 4.73.